The van der Waals surface area contributed by atoms with Crippen LogP contribution in [0.3, 0.4) is 0 Å². The molecule has 1 N–H and O–H groups in total. The minimum atomic E-state index is -0.179. The zero-order valence-electron chi connectivity index (χ0n) is 13.2. The zero-order valence-corrected chi connectivity index (χ0v) is 13.2. The summed E-state index contributed by atoms with van der Waals surface area (Å²) in [6.07, 6.45) is 1.86. The summed E-state index contributed by atoms with van der Waals surface area (Å²) in [5.41, 5.74) is 2.36. The van der Waals surface area contributed by atoms with Gasteiger partial charge in [0.1, 0.15) is 11.4 Å². The van der Waals surface area contributed by atoms with E-state index in [0.717, 1.165) is 25.1 Å². The fraction of sp³-hybridized carbons (Fsp3) is 0.368. The standard InChI is InChI=1S/C19H25NO/c1-4-19(2,15-20-3)21-18-13-9-8-12-17(18)14-16-10-6-5-7-11-16/h5-13,20H,4,14-15H2,1-3H3. The van der Waals surface area contributed by atoms with Gasteiger partial charge in [-0.3, -0.25) is 0 Å². The number of rotatable bonds is 7. The Hall–Kier alpha value is -1.80. The first-order valence-electron chi connectivity index (χ1n) is 7.62. The first-order valence-corrected chi connectivity index (χ1v) is 7.62. The molecule has 0 aliphatic rings. The van der Waals surface area contributed by atoms with Crippen LogP contribution in [0.4, 0.5) is 0 Å². The molecule has 0 spiro atoms. The number of hydrogen-bond donors (Lipinski definition) is 1. The maximum absolute atomic E-state index is 6.33. The molecule has 0 aliphatic heterocycles. The van der Waals surface area contributed by atoms with Crippen molar-refractivity contribution in [2.45, 2.75) is 32.3 Å². The molecule has 21 heavy (non-hydrogen) atoms. The van der Waals surface area contributed by atoms with E-state index in [2.05, 4.69) is 61.6 Å². The van der Waals surface area contributed by atoms with E-state index in [0.29, 0.717) is 0 Å². The smallest absolute Gasteiger partial charge is 0.123 e. The lowest BCUT2D eigenvalue weighted by atomic mass is 10.0. The van der Waals surface area contributed by atoms with Gasteiger partial charge in [-0.1, -0.05) is 55.5 Å². The molecule has 0 aromatic heterocycles. The van der Waals surface area contributed by atoms with Gasteiger partial charge in [0.15, 0.2) is 0 Å². The van der Waals surface area contributed by atoms with Crippen LogP contribution in [0.2, 0.25) is 0 Å². The summed E-state index contributed by atoms with van der Waals surface area (Å²) in [7, 11) is 1.97. The first kappa shape index (κ1) is 15.6. The maximum Gasteiger partial charge on any atom is 0.123 e. The van der Waals surface area contributed by atoms with E-state index in [-0.39, 0.29) is 5.60 Å². The summed E-state index contributed by atoms with van der Waals surface area (Å²) in [5.74, 6) is 0.987. The van der Waals surface area contributed by atoms with E-state index in [9.17, 15) is 0 Å². The molecule has 2 nitrogen and oxygen atoms in total. The summed E-state index contributed by atoms with van der Waals surface area (Å²) in [6, 6.07) is 18.9. The lowest BCUT2D eigenvalue weighted by molar-refractivity contribution is 0.0847. The Morgan fingerprint density at radius 3 is 2.33 bits per heavy atom. The van der Waals surface area contributed by atoms with Crippen LogP contribution in [0.1, 0.15) is 31.4 Å². The zero-order chi connectivity index (χ0) is 15.1. The molecule has 0 radical (unpaired) electrons. The number of likely N-dealkylation sites (N-methyl/N-ethyl adjacent to an activating group) is 1. The molecule has 0 fully saturated rings. The second-order valence-electron chi connectivity index (χ2n) is 5.71. The molecule has 2 heteroatoms. The SMILES string of the molecule is CCC(C)(CNC)Oc1ccccc1Cc1ccccc1. The fourth-order valence-electron chi connectivity index (χ4n) is 2.44. The fourth-order valence-corrected chi connectivity index (χ4v) is 2.44. The summed E-state index contributed by atoms with van der Waals surface area (Å²) in [5, 5.41) is 3.22. The van der Waals surface area contributed by atoms with Crippen molar-refractivity contribution in [3.8, 4) is 5.75 Å². The largest absolute Gasteiger partial charge is 0.486 e. The van der Waals surface area contributed by atoms with E-state index in [1.165, 1.54) is 11.1 Å². The average Bonchev–Trinajstić information content (AvgIpc) is 2.51. The number of benzene rings is 2. The van der Waals surface area contributed by atoms with Crippen molar-refractivity contribution in [3.05, 3.63) is 65.7 Å². The van der Waals surface area contributed by atoms with Gasteiger partial charge >= 0.3 is 0 Å². The molecule has 0 bridgehead atoms. The minimum Gasteiger partial charge on any atom is -0.486 e. The molecule has 0 amide bonds. The van der Waals surface area contributed by atoms with Crippen LogP contribution in [0.5, 0.6) is 5.75 Å². The average molecular weight is 283 g/mol. The highest BCUT2D eigenvalue weighted by atomic mass is 16.5. The molecule has 2 aromatic carbocycles. The number of ether oxygens (including phenoxy) is 1. The van der Waals surface area contributed by atoms with E-state index >= 15 is 0 Å². The van der Waals surface area contributed by atoms with Crippen molar-refractivity contribution in [2.75, 3.05) is 13.6 Å². The van der Waals surface area contributed by atoms with Gasteiger partial charge in [0, 0.05) is 13.0 Å². The van der Waals surface area contributed by atoms with Crippen LogP contribution in [0.25, 0.3) is 0 Å². The van der Waals surface area contributed by atoms with Gasteiger partial charge in [0.05, 0.1) is 0 Å². The van der Waals surface area contributed by atoms with Gasteiger partial charge in [0.2, 0.25) is 0 Å². The van der Waals surface area contributed by atoms with E-state index in [1.54, 1.807) is 0 Å². The van der Waals surface area contributed by atoms with Crippen molar-refractivity contribution in [1.29, 1.82) is 0 Å². The van der Waals surface area contributed by atoms with Gasteiger partial charge in [0.25, 0.3) is 0 Å². The monoisotopic (exact) mass is 283 g/mol. The molecule has 2 aromatic rings. The summed E-state index contributed by atoms with van der Waals surface area (Å²) in [4.78, 5) is 0. The third-order valence-electron chi connectivity index (χ3n) is 3.86. The van der Waals surface area contributed by atoms with Crippen LogP contribution in [-0.2, 0) is 6.42 Å². The van der Waals surface area contributed by atoms with Crippen LogP contribution in [0.15, 0.2) is 54.6 Å². The lowest BCUT2D eigenvalue weighted by Crippen LogP contribution is -2.41. The summed E-state index contributed by atoms with van der Waals surface area (Å²) < 4.78 is 6.33. The normalized spacial score (nSPS) is 13.7. The molecule has 112 valence electrons. The highest BCUT2D eigenvalue weighted by Gasteiger charge is 2.24. The van der Waals surface area contributed by atoms with E-state index < -0.39 is 0 Å². The van der Waals surface area contributed by atoms with Crippen molar-refractivity contribution in [2.24, 2.45) is 0 Å². The predicted molar refractivity (Wildman–Crippen MR) is 88.9 cm³/mol. The van der Waals surface area contributed by atoms with Crippen LogP contribution < -0.4 is 10.1 Å². The Morgan fingerprint density at radius 2 is 1.67 bits per heavy atom. The summed E-state index contributed by atoms with van der Waals surface area (Å²) >= 11 is 0. The number of nitrogens with one attached hydrogen (secondary N) is 1. The Labute approximate surface area is 128 Å². The Balaban J connectivity index is 2.20. The maximum atomic E-state index is 6.33. The minimum absolute atomic E-state index is 0.179. The Kier molecular flexibility index (Phi) is 5.40. The van der Waals surface area contributed by atoms with Gasteiger partial charge in [-0.05, 0) is 37.6 Å². The molecule has 2 rings (SSSR count). The van der Waals surface area contributed by atoms with Crippen molar-refractivity contribution < 1.29 is 4.74 Å². The van der Waals surface area contributed by atoms with E-state index in [4.69, 9.17) is 4.74 Å². The second-order valence-corrected chi connectivity index (χ2v) is 5.71. The molecule has 1 unspecified atom stereocenters. The van der Waals surface area contributed by atoms with Crippen LogP contribution >= 0.6 is 0 Å². The molecule has 0 saturated heterocycles. The van der Waals surface area contributed by atoms with Gasteiger partial charge in [-0.25, -0.2) is 0 Å². The predicted octanol–water partition coefficient (Wildman–Crippen LogP) is 4.04. The number of hydrogen-bond acceptors (Lipinski definition) is 2. The molecule has 1 atom stereocenters. The van der Waals surface area contributed by atoms with Gasteiger partial charge in [-0.15, -0.1) is 0 Å². The molecule has 0 aliphatic carbocycles. The van der Waals surface area contributed by atoms with Crippen molar-refractivity contribution >= 4 is 0 Å². The topological polar surface area (TPSA) is 21.3 Å². The highest BCUT2D eigenvalue weighted by molar-refractivity contribution is 5.38. The quantitative estimate of drug-likeness (QED) is 0.828. The third-order valence-corrected chi connectivity index (χ3v) is 3.86. The van der Waals surface area contributed by atoms with Gasteiger partial charge in [-0.2, -0.15) is 0 Å². The van der Waals surface area contributed by atoms with Gasteiger partial charge < -0.3 is 10.1 Å². The summed E-state index contributed by atoms with van der Waals surface area (Å²) in [6.45, 7) is 5.16. The second kappa shape index (κ2) is 7.28. The molecular formula is C19H25NO. The van der Waals surface area contributed by atoms with E-state index in [1.807, 2.05) is 19.2 Å². The first-order chi connectivity index (χ1) is 10.2. The Morgan fingerprint density at radius 1 is 1.00 bits per heavy atom. The van der Waals surface area contributed by atoms with Crippen LogP contribution in [-0.4, -0.2) is 19.2 Å². The third kappa shape index (κ3) is 4.33. The molecule has 0 heterocycles. The van der Waals surface area contributed by atoms with Crippen molar-refractivity contribution in [3.63, 3.8) is 0 Å². The molecular weight excluding hydrogens is 258 g/mol. The highest BCUT2D eigenvalue weighted by Crippen LogP contribution is 2.26. The number of para-hydroxylation sites is 1. The molecule has 0 saturated carbocycles. The van der Waals surface area contributed by atoms with Crippen molar-refractivity contribution in [1.82, 2.24) is 5.32 Å². The lowest BCUT2D eigenvalue weighted by Gasteiger charge is -2.30. The van der Waals surface area contributed by atoms with Crippen LogP contribution in [0, 0.1) is 0 Å². The Bertz CT molecular complexity index is 553.